The average molecular weight is 322 g/mol. The summed E-state index contributed by atoms with van der Waals surface area (Å²) in [4.78, 5) is 22.9. The van der Waals surface area contributed by atoms with E-state index in [4.69, 9.17) is 14.2 Å². The molecule has 1 rings (SSSR count). The molecule has 5 nitrogen and oxygen atoms in total. The van der Waals surface area contributed by atoms with Crippen molar-refractivity contribution in [1.29, 1.82) is 0 Å². The highest BCUT2D eigenvalue weighted by molar-refractivity contribution is 5.77. The maximum atomic E-state index is 11.5. The van der Waals surface area contributed by atoms with Gasteiger partial charge in [0.2, 0.25) is 0 Å². The summed E-state index contributed by atoms with van der Waals surface area (Å²) < 4.78 is 15.4. The second kappa shape index (κ2) is 12.5. The maximum absolute atomic E-state index is 11.5. The van der Waals surface area contributed by atoms with Gasteiger partial charge in [-0.05, 0) is 18.6 Å². The molecule has 0 fully saturated rings. The van der Waals surface area contributed by atoms with Gasteiger partial charge in [-0.2, -0.15) is 0 Å². The largest absolute Gasteiger partial charge is 0.490 e. The van der Waals surface area contributed by atoms with E-state index in [1.165, 1.54) is 0 Å². The first-order chi connectivity index (χ1) is 11.2. The number of hydrogen-bond acceptors (Lipinski definition) is 5. The Morgan fingerprint density at radius 2 is 1.48 bits per heavy atom. The number of para-hydroxylation sites is 1. The SMILES string of the molecule is CCCCCCOC(=O)CCC(=O)OCCOc1ccccc1. The van der Waals surface area contributed by atoms with Crippen molar-refractivity contribution in [3.63, 3.8) is 0 Å². The summed E-state index contributed by atoms with van der Waals surface area (Å²) in [7, 11) is 0. The molecule has 1 aromatic carbocycles. The van der Waals surface area contributed by atoms with E-state index < -0.39 is 5.97 Å². The van der Waals surface area contributed by atoms with Gasteiger partial charge in [0, 0.05) is 0 Å². The molecule has 0 heterocycles. The minimum absolute atomic E-state index is 0.0408. The molecule has 0 aliphatic heterocycles. The Bertz CT molecular complexity index is 444. The molecule has 1 aromatic rings. The van der Waals surface area contributed by atoms with Crippen LogP contribution in [-0.4, -0.2) is 31.8 Å². The molecular weight excluding hydrogens is 296 g/mol. The lowest BCUT2D eigenvalue weighted by molar-refractivity contribution is -0.150. The van der Waals surface area contributed by atoms with Crippen LogP contribution in [0.4, 0.5) is 0 Å². The quantitative estimate of drug-likeness (QED) is 0.435. The summed E-state index contributed by atoms with van der Waals surface area (Å²) in [6.07, 6.45) is 4.34. The normalized spacial score (nSPS) is 10.1. The van der Waals surface area contributed by atoms with Gasteiger partial charge in [-0.15, -0.1) is 0 Å². The molecule has 0 radical (unpaired) electrons. The van der Waals surface area contributed by atoms with Crippen molar-refractivity contribution in [2.45, 2.75) is 45.4 Å². The summed E-state index contributed by atoms with van der Waals surface area (Å²) in [5.41, 5.74) is 0. The van der Waals surface area contributed by atoms with Crippen LogP contribution in [0.3, 0.4) is 0 Å². The Balaban J connectivity index is 1.98. The Hall–Kier alpha value is -2.04. The van der Waals surface area contributed by atoms with Crippen molar-refractivity contribution in [3.8, 4) is 5.75 Å². The number of esters is 2. The molecule has 0 N–H and O–H groups in total. The summed E-state index contributed by atoms with van der Waals surface area (Å²) in [6, 6.07) is 9.30. The zero-order valence-corrected chi connectivity index (χ0v) is 13.8. The Labute approximate surface area is 137 Å². The van der Waals surface area contributed by atoms with Crippen LogP contribution in [0.5, 0.6) is 5.75 Å². The Morgan fingerprint density at radius 1 is 0.826 bits per heavy atom. The zero-order chi connectivity index (χ0) is 16.8. The van der Waals surface area contributed by atoms with Crippen molar-refractivity contribution in [1.82, 2.24) is 0 Å². The number of ether oxygens (including phenoxy) is 3. The van der Waals surface area contributed by atoms with Crippen LogP contribution in [0.25, 0.3) is 0 Å². The van der Waals surface area contributed by atoms with Crippen molar-refractivity contribution in [2.24, 2.45) is 0 Å². The van der Waals surface area contributed by atoms with E-state index in [1.54, 1.807) is 0 Å². The molecule has 0 unspecified atom stereocenters. The number of rotatable bonds is 12. The van der Waals surface area contributed by atoms with E-state index in [9.17, 15) is 9.59 Å². The maximum Gasteiger partial charge on any atom is 0.306 e. The highest BCUT2D eigenvalue weighted by Gasteiger charge is 2.09. The molecule has 0 amide bonds. The van der Waals surface area contributed by atoms with Crippen molar-refractivity contribution in [2.75, 3.05) is 19.8 Å². The van der Waals surface area contributed by atoms with Crippen LogP contribution in [0.1, 0.15) is 45.4 Å². The van der Waals surface area contributed by atoms with E-state index in [1.807, 2.05) is 30.3 Å². The second-order valence-corrected chi connectivity index (χ2v) is 5.16. The first kappa shape index (κ1) is 19.0. The third-order valence-electron chi connectivity index (χ3n) is 3.15. The summed E-state index contributed by atoms with van der Waals surface area (Å²) >= 11 is 0. The Kier molecular flexibility index (Phi) is 10.3. The van der Waals surface area contributed by atoms with Gasteiger partial charge >= 0.3 is 11.9 Å². The average Bonchev–Trinajstić information content (AvgIpc) is 2.57. The predicted molar refractivity (Wildman–Crippen MR) is 87.2 cm³/mol. The van der Waals surface area contributed by atoms with E-state index in [0.29, 0.717) is 6.61 Å². The van der Waals surface area contributed by atoms with E-state index in [2.05, 4.69) is 6.92 Å². The summed E-state index contributed by atoms with van der Waals surface area (Å²) in [5, 5.41) is 0. The van der Waals surface area contributed by atoms with Gasteiger partial charge in [0.25, 0.3) is 0 Å². The topological polar surface area (TPSA) is 61.8 Å². The molecule has 0 spiro atoms. The molecule has 5 heteroatoms. The lowest BCUT2D eigenvalue weighted by Crippen LogP contribution is -2.14. The lowest BCUT2D eigenvalue weighted by Gasteiger charge is -2.07. The molecule has 0 saturated carbocycles. The number of carbonyl (C=O) groups is 2. The minimum atomic E-state index is -0.412. The predicted octanol–water partition coefficient (Wildman–Crippen LogP) is 3.51. The van der Waals surface area contributed by atoms with Crippen molar-refractivity contribution in [3.05, 3.63) is 30.3 Å². The van der Waals surface area contributed by atoms with E-state index in [0.717, 1.165) is 31.4 Å². The standard InChI is InChI=1S/C18H26O5/c1-2-3-4-8-13-22-17(19)11-12-18(20)23-15-14-21-16-9-6-5-7-10-16/h5-7,9-10H,2-4,8,11-15H2,1H3. The Morgan fingerprint density at radius 3 is 2.13 bits per heavy atom. The van der Waals surface area contributed by atoms with Crippen LogP contribution in [0.2, 0.25) is 0 Å². The van der Waals surface area contributed by atoms with Crippen LogP contribution >= 0.6 is 0 Å². The molecule has 128 valence electrons. The van der Waals surface area contributed by atoms with Gasteiger partial charge in [-0.25, -0.2) is 0 Å². The van der Waals surface area contributed by atoms with Gasteiger partial charge in [0.1, 0.15) is 19.0 Å². The van der Waals surface area contributed by atoms with Crippen molar-refractivity contribution >= 4 is 11.9 Å². The second-order valence-electron chi connectivity index (χ2n) is 5.16. The lowest BCUT2D eigenvalue weighted by atomic mass is 10.2. The van der Waals surface area contributed by atoms with Crippen LogP contribution in [-0.2, 0) is 19.1 Å². The minimum Gasteiger partial charge on any atom is -0.490 e. The van der Waals surface area contributed by atoms with E-state index in [-0.39, 0.29) is 32.0 Å². The molecule has 0 aliphatic carbocycles. The number of benzene rings is 1. The third-order valence-corrected chi connectivity index (χ3v) is 3.15. The van der Waals surface area contributed by atoms with Crippen molar-refractivity contribution < 1.29 is 23.8 Å². The number of unbranched alkanes of at least 4 members (excludes halogenated alkanes) is 3. The van der Waals surface area contributed by atoms with Gasteiger partial charge in [-0.1, -0.05) is 44.4 Å². The molecule has 0 aliphatic rings. The number of carbonyl (C=O) groups excluding carboxylic acids is 2. The zero-order valence-electron chi connectivity index (χ0n) is 13.8. The summed E-state index contributed by atoms with van der Waals surface area (Å²) in [6.45, 7) is 3.01. The third kappa shape index (κ3) is 10.3. The smallest absolute Gasteiger partial charge is 0.306 e. The fourth-order valence-corrected chi connectivity index (χ4v) is 1.90. The number of hydrogen-bond donors (Lipinski definition) is 0. The van der Waals surface area contributed by atoms with Crippen LogP contribution < -0.4 is 4.74 Å². The highest BCUT2D eigenvalue weighted by Crippen LogP contribution is 2.07. The molecular formula is C18H26O5. The van der Waals surface area contributed by atoms with Gasteiger partial charge in [0.15, 0.2) is 0 Å². The van der Waals surface area contributed by atoms with Gasteiger partial charge in [-0.3, -0.25) is 9.59 Å². The molecule has 0 aromatic heterocycles. The first-order valence-electron chi connectivity index (χ1n) is 8.21. The summed E-state index contributed by atoms with van der Waals surface area (Å²) in [5.74, 6) is -0.0289. The highest BCUT2D eigenvalue weighted by atomic mass is 16.6. The van der Waals surface area contributed by atoms with Crippen LogP contribution in [0, 0.1) is 0 Å². The monoisotopic (exact) mass is 322 g/mol. The van der Waals surface area contributed by atoms with Gasteiger partial charge in [0.05, 0.1) is 19.4 Å². The van der Waals surface area contributed by atoms with Gasteiger partial charge < -0.3 is 14.2 Å². The fourth-order valence-electron chi connectivity index (χ4n) is 1.90. The fraction of sp³-hybridized carbons (Fsp3) is 0.556. The molecule has 0 bridgehead atoms. The first-order valence-corrected chi connectivity index (χ1v) is 8.21. The molecule has 23 heavy (non-hydrogen) atoms. The molecule has 0 saturated heterocycles. The van der Waals surface area contributed by atoms with E-state index >= 15 is 0 Å². The van der Waals surface area contributed by atoms with Crippen LogP contribution in [0.15, 0.2) is 30.3 Å². The molecule has 0 atom stereocenters.